The van der Waals surface area contributed by atoms with Crippen LogP contribution in [0.3, 0.4) is 0 Å². The van der Waals surface area contributed by atoms with E-state index in [0.29, 0.717) is 0 Å². The summed E-state index contributed by atoms with van der Waals surface area (Å²) >= 11 is 0. The normalized spacial score (nSPS) is 11.8. The molecule has 3 aromatic heterocycles. The van der Waals surface area contributed by atoms with Crippen molar-refractivity contribution in [2.75, 3.05) is 0 Å². The van der Waals surface area contributed by atoms with Gasteiger partial charge in [0, 0.05) is 47.1 Å². The van der Waals surface area contributed by atoms with Crippen LogP contribution in [0.1, 0.15) is 0 Å². The van der Waals surface area contributed by atoms with Gasteiger partial charge in [0.1, 0.15) is 0 Å². The van der Waals surface area contributed by atoms with Gasteiger partial charge in [-0.1, -0.05) is 97.1 Å². The highest BCUT2D eigenvalue weighted by molar-refractivity contribution is 6.27. The van der Waals surface area contributed by atoms with Crippen LogP contribution >= 0.6 is 0 Å². The molecule has 3 heterocycles. The second-order valence-corrected chi connectivity index (χ2v) is 13.7. The Bertz CT molecular complexity index is 3090. The molecule has 8 aromatic carbocycles. The highest BCUT2D eigenvalue weighted by Gasteiger charge is 2.17. The molecule has 0 aliphatic rings. The molecular weight excluding hydrogens is 631 g/mol. The van der Waals surface area contributed by atoms with Gasteiger partial charge in [0.05, 0.1) is 5.52 Å². The first-order valence-electron chi connectivity index (χ1n) is 17.6. The van der Waals surface area contributed by atoms with Crippen molar-refractivity contribution in [3.63, 3.8) is 0 Å². The van der Waals surface area contributed by atoms with Gasteiger partial charge in [-0.3, -0.25) is 15.0 Å². The Labute approximate surface area is 299 Å². The summed E-state index contributed by atoms with van der Waals surface area (Å²) in [6, 6.07) is 53.4. The Kier molecular flexibility index (Phi) is 6.25. The molecule has 3 nitrogen and oxygen atoms in total. The minimum Gasteiger partial charge on any atom is -0.264 e. The van der Waals surface area contributed by atoms with Gasteiger partial charge in [-0.25, -0.2) is 0 Å². The second-order valence-electron chi connectivity index (χ2n) is 13.7. The molecule has 0 bridgehead atoms. The van der Waals surface area contributed by atoms with E-state index in [9.17, 15) is 0 Å². The molecule has 0 saturated carbocycles. The molecule has 0 saturated heterocycles. The lowest BCUT2D eigenvalue weighted by Gasteiger charge is -2.18. The van der Waals surface area contributed by atoms with Crippen molar-refractivity contribution in [1.82, 2.24) is 15.0 Å². The minimum absolute atomic E-state index is 1.01. The van der Waals surface area contributed by atoms with Gasteiger partial charge in [-0.2, -0.15) is 0 Å². The molecule has 52 heavy (non-hydrogen) atoms. The fraction of sp³-hybridized carbons (Fsp3) is 0. The van der Waals surface area contributed by atoms with Crippen molar-refractivity contribution in [1.29, 1.82) is 0 Å². The molecule has 0 aliphatic heterocycles. The zero-order valence-electron chi connectivity index (χ0n) is 28.1. The Morgan fingerprint density at radius 2 is 0.827 bits per heavy atom. The number of fused-ring (bicyclic) bond motifs is 3. The zero-order chi connectivity index (χ0) is 34.2. The lowest BCUT2D eigenvalue weighted by Crippen LogP contribution is -1.91. The Morgan fingerprint density at radius 3 is 1.42 bits per heavy atom. The smallest absolute Gasteiger partial charge is 0.0702 e. The van der Waals surface area contributed by atoms with Crippen LogP contribution in [-0.2, 0) is 0 Å². The van der Waals surface area contributed by atoms with E-state index in [2.05, 4.69) is 154 Å². The maximum atomic E-state index is 4.56. The van der Waals surface area contributed by atoms with E-state index in [1.807, 2.05) is 37.1 Å². The number of aromatic nitrogens is 3. The number of pyridine rings is 3. The van der Waals surface area contributed by atoms with E-state index in [1.165, 1.54) is 87.6 Å². The van der Waals surface area contributed by atoms with Crippen LogP contribution in [0.4, 0.5) is 0 Å². The molecule has 11 aromatic rings. The number of rotatable bonds is 4. The maximum absolute atomic E-state index is 4.56. The zero-order valence-corrected chi connectivity index (χ0v) is 28.1. The summed E-state index contributed by atoms with van der Waals surface area (Å²) in [6.45, 7) is 0. The van der Waals surface area contributed by atoms with E-state index in [0.717, 1.165) is 21.7 Å². The van der Waals surface area contributed by atoms with Crippen LogP contribution in [0.15, 0.2) is 177 Å². The number of hydrogen-bond acceptors (Lipinski definition) is 3. The van der Waals surface area contributed by atoms with Crippen molar-refractivity contribution in [3.8, 4) is 44.5 Å². The van der Waals surface area contributed by atoms with E-state index >= 15 is 0 Å². The summed E-state index contributed by atoms with van der Waals surface area (Å²) in [4.78, 5) is 13.4. The first-order chi connectivity index (χ1) is 25.8. The predicted octanol–water partition coefficient (Wildman–Crippen LogP) is 12.9. The fourth-order valence-corrected chi connectivity index (χ4v) is 8.39. The summed E-state index contributed by atoms with van der Waals surface area (Å²) in [5, 5.41) is 13.4. The molecule has 0 fully saturated rings. The first kappa shape index (κ1) is 28.8. The van der Waals surface area contributed by atoms with Crippen LogP contribution < -0.4 is 0 Å². The van der Waals surface area contributed by atoms with Crippen LogP contribution in [0, 0.1) is 0 Å². The Balaban J connectivity index is 1.18. The van der Waals surface area contributed by atoms with Gasteiger partial charge in [0.15, 0.2) is 0 Å². The van der Waals surface area contributed by atoms with Gasteiger partial charge in [0.25, 0.3) is 0 Å². The van der Waals surface area contributed by atoms with Crippen molar-refractivity contribution >= 4 is 64.8 Å². The Morgan fingerprint density at radius 1 is 0.308 bits per heavy atom. The average molecular weight is 660 g/mol. The third kappa shape index (κ3) is 4.43. The second kappa shape index (κ2) is 11.3. The van der Waals surface area contributed by atoms with Crippen LogP contribution in [0.2, 0.25) is 0 Å². The lowest BCUT2D eigenvalue weighted by atomic mass is 9.85. The Hall–Kier alpha value is -6.97. The monoisotopic (exact) mass is 659 g/mol. The van der Waals surface area contributed by atoms with Gasteiger partial charge in [0.2, 0.25) is 0 Å². The van der Waals surface area contributed by atoms with Crippen molar-refractivity contribution < 1.29 is 0 Å². The largest absolute Gasteiger partial charge is 0.264 e. The molecule has 0 amide bonds. The molecule has 11 rings (SSSR count). The summed E-state index contributed by atoms with van der Waals surface area (Å²) < 4.78 is 0. The van der Waals surface area contributed by atoms with E-state index in [-0.39, 0.29) is 0 Å². The van der Waals surface area contributed by atoms with Gasteiger partial charge in [-0.15, -0.1) is 0 Å². The van der Waals surface area contributed by atoms with Crippen LogP contribution in [0.25, 0.3) is 109 Å². The standard InChI is InChI=1S/C49H29N3/c1-4-34-28-50-22-19-43(34)39(7-1)36-25-37(40-8-2-5-35-29-51-23-20-44(35)40)27-38(26-36)42-15-10-31-11-16-45-41(14-9-30-12-17-46(42)49(31)48(30)45)32-13-18-47-33(24-32)6-3-21-52-47/h1-29H. The number of nitrogens with zero attached hydrogens (tertiary/aromatic N) is 3. The van der Waals surface area contributed by atoms with Crippen LogP contribution in [-0.4, -0.2) is 15.0 Å². The molecule has 0 radical (unpaired) electrons. The van der Waals surface area contributed by atoms with Gasteiger partial charge in [-0.05, 0) is 136 Å². The maximum Gasteiger partial charge on any atom is 0.0702 e. The fourth-order valence-electron chi connectivity index (χ4n) is 8.39. The topological polar surface area (TPSA) is 38.7 Å². The summed E-state index contributed by atoms with van der Waals surface area (Å²) in [6.07, 6.45) is 9.53. The quantitative estimate of drug-likeness (QED) is 0.177. The molecule has 0 unspecified atom stereocenters. The van der Waals surface area contributed by atoms with Crippen molar-refractivity contribution in [3.05, 3.63) is 177 Å². The van der Waals surface area contributed by atoms with E-state index in [1.54, 1.807) is 0 Å². The van der Waals surface area contributed by atoms with Gasteiger partial charge >= 0.3 is 0 Å². The molecule has 0 spiro atoms. The molecule has 0 aliphatic carbocycles. The summed E-state index contributed by atoms with van der Waals surface area (Å²) in [7, 11) is 0. The SMILES string of the molecule is c1cnc2ccc(-c3ccc4ccc5c(-c6cc(-c7cccc8cnccc78)cc(-c7cccc8cnccc78)c6)ccc6ccc3c4c65)cc2c1. The molecular formula is C49H29N3. The summed E-state index contributed by atoms with van der Waals surface area (Å²) in [5.74, 6) is 0. The van der Waals surface area contributed by atoms with Crippen molar-refractivity contribution in [2.24, 2.45) is 0 Å². The first-order valence-corrected chi connectivity index (χ1v) is 17.6. The highest BCUT2D eigenvalue weighted by Crippen LogP contribution is 2.44. The minimum atomic E-state index is 1.01. The van der Waals surface area contributed by atoms with Crippen molar-refractivity contribution in [2.45, 2.75) is 0 Å². The third-order valence-electron chi connectivity index (χ3n) is 10.8. The predicted molar refractivity (Wildman–Crippen MR) is 218 cm³/mol. The van der Waals surface area contributed by atoms with Gasteiger partial charge < -0.3 is 0 Å². The molecule has 0 N–H and O–H groups in total. The average Bonchev–Trinajstić information content (AvgIpc) is 3.22. The van der Waals surface area contributed by atoms with E-state index < -0.39 is 0 Å². The third-order valence-corrected chi connectivity index (χ3v) is 10.8. The van der Waals surface area contributed by atoms with Crippen LogP contribution in [0.5, 0.6) is 0 Å². The lowest BCUT2D eigenvalue weighted by molar-refractivity contribution is 1.36. The highest BCUT2D eigenvalue weighted by atomic mass is 14.6. The van der Waals surface area contributed by atoms with E-state index in [4.69, 9.17) is 0 Å². The number of hydrogen-bond donors (Lipinski definition) is 0. The molecule has 0 atom stereocenters. The summed E-state index contributed by atoms with van der Waals surface area (Å²) in [5.41, 5.74) is 10.6. The number of benzene rings is 8. The molecule has 3 heteroatoms. The molecule has 240 valence electrons.